The highest BCUT2D eigenvalue weighted by Gasteiger charge is 2.06. The minimum absolute atomic E-state index is 0.646. The van der Waals surface area contributed by atoms with Crippen molar-refractivity contribution in [2.45, 2.75) is 19.8 Å². The zero-order chi connectivity index (χ0) is 9.52. The Morgan fingerprint density at radius 1 is 1.31 bits per heavy atom. The van der Waals surface area contributed by atoms with Crippen molar-refractivity contribution in [3.05, 3.63) is 30.3 Å². The maximum absolute atomic E-state index is 9.59. The second-order valence-electron chi connectivity index (χ2n) is 2.80. The molecule has 1 N–H and O–H groups in total. The average molecular weight is 198 g/mol. The molecule has 0 aliphatic rings. The minimum atomic E-state index is -1.39. The van der Waals surface area contributed by atoms with Crippen LogP contribution in [0.15, 0.2) is 30.3 Å². The van der Waals surface area contributed by atoms with Gasteiger partial charge in [0.15, 0.2) is 0 Å². The summed E-state index contributed by atoms with van der Waals surface area (Å²) in [5.74, 6) is 0. The van der Waals surface area contributed by atoms with Crippen molar-refractivity contribution in [1.29, 1.82) is 0 Å². The van der Waals surface area contributed by atoms with Gasteiger partial charge in [-0.3, -0.25) is 0 Å². The molecule has 0 fully saturated rings. The van der Waals surface area contributed by atoms with E-state index in [1.807, 2.05) is 30.3 Å². The Morgan fingerprint density at radius 2 is 2.00 bits per heavy atom. The maximum Gasteiger partial charge on any atom is 0.202 e. The molecule has 2 nitrogen and oxygen atoms in total. The molecular weight excluding hydrogens is 183 g/mol. The molecule has 0 aromatic heterocycles. The van der Waals surface area contributed by atoms with E-state index < -0.39 is 8.38 Å². The normalized spacial score (nSPS) is 12.8. The van der Waals surface area contributed by atoms with Crippen molar-refractivity contribution >= 4 is 13.7 Å². The molecule has 1 aromatic rings. The van der Waals surface area contributed by atoms with Crippen LogP contribution in [0.3, 0.4) is 0 Å². The van der Waals surface area contributed by atoms with Gasteiger partial charge in [0.1, 0.15) is 0 Å². The summed E-state index contributed by atoms with van der Waals surface area (Å²) in [5.41, 5.74) is 0. The maximum atomic E-state index is 9.59. The summed E-state index contributed by atoms with van der Waals surface area (Å²) in [4.78, 5) is 9.59. The smallest absolute Gasteiger partial charge is 0.202 e. The van der Waals surface area contributed by atoms with Gasteiger partial charge >= 0.3 is 0 Å². The lowest BCUT2D eigenvalue weighted by Gasteiger charge is -2.09. The molecule has 1 aromatic carbocycles. The molecule has 1 atom stereocenters. The van der Waals surface area contributed by atoms with Gasteiger partial charge < -0.3 is 9.42 Å². The summed E-state index contributed by atoms with van der Waals surface area (Å²) in [6, 6.07) is 9.52. The zero-order valence-electron chi connectivity index (χ0n) is 7.81. The van der Waals surface area contributed by atoms with Gasteiger partial charge in [-0.25, -0.2) is 0 Å². The van der Waals surface area contributed by atoms with E-state index in [0.717, 1.165) is 18.1 Å². The highest BCUT2D eigenvalue weighted by atomic mass is 31.2. The first-order valence-electron chi connectivity index (χ1n) is 4.51. The van der Waals surface area contributed by atoms with E-state index in [9.17, 15) is 4.89 Å². The number of rotatable bonds is 5. The quantitative estimate of drug-likeness (QED) is 0.581. The number of benzene rings is 1. The van der Waals surface area contributed by atoms with Crippen molar-refractivity contribution < 1.29 is 9.42 Å². The van der Waals surface area contributed by atoms with Gasteiger partial charge in [0, 0.05) is 5.30 Å². The number of unbranched alkanes of at least 4 members (excludes halogenated alkanes) is 1. The Hall–Kier alpha value is -0.430. The molecule has 0 aliphatic heterocycles. The molecule has 72 valence electrons. The van der Waals surface area contributed by atoms with Crippen molar-refractivity contribution in [2.24, 2.45) is 0 Å². The summed E-state index contributed by atoms with van der Waals surface area (Å²) in [6.45, 7) is 2.75. The van der Waals surface area contributed by atoms with E-state index in [1.54, 1.807) is 0 Å². The predicted molar refractivity (Wildman–Crippen MR) is 56.1 cm³/mol. The second-order valence-corrected chi connectivity index (χ2v) is 4.12. The van der Waals surface area contributed by atoms with E-state index in [2.05, 4.69) is 6.92 Å². The molecule has 0 spiro atoms. The van der Waals surface area contributed by atoms with Crippen LogP contribution < -0.4 is 5.30 Å². The summed E-state index contributed by atoms with van der Waals surface area (Å²) < 4.78 is 5.29. The van der Waals surface area contributed by atoms with Crippen LogP contribution in [0, 0.1) is 0 Å². The number of hydrogen-bond acceptors (Lipinski definition) is 2. The molecule has 1 unspecified atom stereocenters. The Bertz CT molecular complexity index is 226. The van der Waals surface area contributed by atoms with Gasteiger partial charge in [0.05, 0.1) is 6.61 Å². The standard InChI is InChI=1S/C10H15O2P/c1-2-3-9-12-13(11)10-7-5-4-6-8-10/h4-8,11H,2-3,9H2,1H3. The van der Waals surface area contributed by atoms with E-state index in [0.29, 0.717) is 6.61 Å². The van der Waals surface area contributed by atoms with Gasteiger partial charge in [0.2, 0.25) is 8.38 Å². The van der Waals surface area contributed by atoms with E-state index >= 15 is 0 Å². The fraction of sp³-hybridized carbons (Fsp3) is 0.400. The van der Waals surface area contributed by atoms with Crippen LogP contribution >= 0.6 is 8.38 Å². The zero-order valence-corrected chi connectivity index (χ0v) is 8.71. The topological polar surface area (TPSA) is 29.5 Å². The molecule has 0 heterocycles. The van der Waals surface area contributed by atoms with Crippen LogP contribution in [0.4, 0.5) is 0 Å². The molecule has 3 heteroatoms. The van der Waals surface area contributed by atoms with Crippen molar-refractivity contribution in [3.63, 3.8) is 0 Å². The van der Waals surface area contributed by atoms with E-state index in [-0.39, 0.29) is 0 Å². The molecule has 0 saturated carbocycles. The van der Waals surface area contributed by atoms with Crippen molar-refractivity contribution in [2.75, 3.05) is 6.61 Å². The third kappa shape index (κ3) is 3.86. The van der Waals surface area contributed by atoms with E-state index in [1.165, 1.54) is 0 Å². The first-order valence-corrected chi connectivity index (χ1v) is 5.73. The molecule has 0 radical (unpaired) electrons. The lowest BCUT2D eigenvalue weighted by atomic mass is 10.4. The first kappa shape index (κ1) is 10.6. The summed E-state index contributed by atoms with van der Waals surface area (Å²) >= 11 is 0. The summed E-state index contributed by atoms with van der Waals surface area (Å²) in [5, 5.41) is 0.883. The largest absolute Gasteiger partial charge is 0.346 e. The highest BCUT2D eigenvalue weighted by molar-refractivity contribution is 7.55. The van der Waals surface area contributed by atoms with Crippen molar-refractivity contribution in [3.8, 4) is 0 Å². The lowest BCUT2D eigenvalue weighted by Crippen LogP contribution is -2.02. The van der Waals surface area contributed by atoms with Gasteiger partial charge in [0.25, 0.3) is 0 Å². The van der Waals surface area contributed by atoms with Crippen LogP contribution in [-0.4, -0.2) is 11.5 Å². The van der Waals surface area contributed by atoms with Crippen LogP contribution in [0.5, 0.6) is 0 Å². The van der Waals surface area contributed by atoms with Crippen molar-refractivity contribution in [1.82, 2.24) is 0 Å². The summed E-state index contributed by atoms with van der Waals surface area (Å²) in [7, 11) is -1.39. The highest BCUT2D eigenvalue weighted by Crippen LogP contribution is 2.29. The molecule has 0 saturated heterocycles. The molecule has 0 amide bonds. The third-order valence-corrected chi connectivity index (χ3v) is 2.86. The third-order valence-electron chi connectivity index (χ3n) is 1.69. The minimum Gasteiger partial charge on any atom is -0.346 e. The molecule has 13 heavy (non-hydrogen) atoms. The van der Waals surface area contributed by atoms with Crippen LogP contribution in [0.2, 0.25) is 0 Å². The average Bonchev–Trinajstić information content (AvgIpc) is 2.19. The second kappa shape index (κ2) is 6.09. The molecular formula is C10H15O2P. The van der Waals surface area contributed by atoms with Gasteiger partial charge in [-0.2, -0.15) is 0 Å². The number of hydrogen-bond donors (Lipinski definition) is 1. The fourth-order valence-corrected chi connectivity index (χ4v) is 1.80. The fourth-order valence-electron chi connectivity index (χ4n) is 0.925. The van der Waals surface area contributed by atoms with E-state index in [4.69, 9.17) is 4.52 Å². The SMILES string of the molecule is CCCCOP(O)c1ccccc1. The lowest BCUT2D eigenvalue weighted by molar-refractivity contribution is 0.309. The van der Waals surface area contributed by atoms with Gasteiger partial charge in [-0.15, -0.1) is 0 Å². The predicted octanol–water partition coefficient (Wildman–Crippen LogP) is 2.43. The van der Waals surface area contributed by atoms with Gasteiger partial charge in [-0.1, -0.05) is 31.5 Å². The van der Waals surface area contributed by atoms with Crippen LogP contribution in [0.1, 0.15) is 19.8 Å². The van der Waals surface area contributed by atoms with Crippen LogP contribution in [-0.2, 0) is 4.52 Å². The molecule has 0 aliphatic carbocycles. The Balaban J connectivity index is 2.35. The van der Waals surface area contributed by atoms with Gasteiger partial charge in [-0.05, 0) is 18.6 Å². The molecule has 1 rings (SSSR count). The summed E-state index contributed by atoms with van der Waals surface area (Å²) in [6.07, 6.45) is 2.10. The Kier molecular flexibility index (Phi) is 4.99. The van der Waals surface area contributed by atoms with Crippen LogP contribution in [0.25, 0.3) is 0 Å². The molecule has 0 bridgehead atoms. The Morgan fingerprint density at radius 3 is 2.62 bits per heavy atom. The Labute approximate surface area is 80.5 Å². The first-order chi connectivity index (χ1) is 6.34. The monoisotopic (exact) mass is 198 g/mol.